The van der Waals surface area contributed by atoms with E-state index in [0.29, 0.717) is 11.4 Å². The molecule has 0 unspecified atom stereocenters. The predicted molar refractivity (Wildman–Crippen MR) is 102 cm³/mol. The van der Waals surface area contributed by atoms with Gasteiger partial charge >= 0.3 is 0 Å². The molecule has 1 aromatic heterocycles. The van der Waals surface area contributed by atoms with Gasteiger partial charge in [0, 0.05) is 4.88 Å². The zero-order valence-electron chi connectivity index (χ0n) is 13.9. The second kappa shape index (κ2) is 8.46. The highest BCUT2D eigenvalue weighted by Crippen LogP contribution is 2.26. The van der Waals surface area contributed by atoms with Crippen molar-refractivity contribution in [3.63, 3.8) is 0 Å². The highest BCUT2D eigenvalue weighted by molar-refractivity contribution is 7.10. The Labute approximate surface area is 151 Å². The van der Waals surface area contributed by atoms with Gasteiger partial charge in [-0.25, -0.2) is 0 Å². The summed E-state index contributed by atoms with van der Waals surface area (Å²) in [5, 5.41) is 8.29. The Morgan fingerprint density at radius 3 is 2.52 bits per heavy atom. The molecule has 0 spiro atoms. The van der Waals surface area contributed by atoms with Crippen molar-refractivity contribution in [1.82, 2.24) is 5.32 Å². The van der Waals surface area contributed by atoms with Crippen LogP contribution in [-0.2, 0) is 4.79 Å². The summed E-state index contributed by atoms with van der Waals surface area (Å²) in [6.45, 7) is 0.204. The Bertz CT molecular complexity index is 804. The number of carbonyl (C=O) groups is 1. The molecule has 0 aliphatic rings. The molecule has 3 aromatic rings. The summed E-state index contributed by atoms with van der Waals surface area (Å²) in [6, 6.07) is 21.6. The molecular formula is C20H20N2O2S. The summed E-state index contributed by atoms with van der Waals surface area (Å²) < 4.78 is 5.27. The van der Waals surface area contributed by atoms with Crippen molar-refractivity contribution in [1.29, 1.82) is 0 Å². The molecule has 2 aromatic carbocycles. The molecule has 5 heteroatoms. The van der Waals surface area contributed by atoms with E-state index in [1.54, 1.807) is 18.4 Å². The van der Waals surface area contributed by atoms with E-state index in [1.165, 1.54) is 4.88 Å². The van der Waals surface area contributed by atoms with E-state index < -0.39 is 0 Å². The van der Waals surface area contributed by atoms with Crippen molar-refractivity contribution in [2.75, 3.05) is 19.0 Å². The maximum atomic E-state index is 12.4. The molecule has 0 bridgehead atoms. The molecule has 0 saturated heterocycles. The van der Waals surface area contributed by atoms with Crippen LogP contribution >= 0.6 is 11.3 Å². The quantitative estimate of drug-likeness (QED) is 0.674. The smallest absolute Gasteiger partial charge is 0.238 e. The fourth-order valence-electron chi connectivity index (χ4n) is 2.62. The number of hydrogen-bond donors (Lipinski definition) is 2. The van der Waals surface area contributed by atoms with Crippen LogP contribution in [0.2, 0.25) is 0 Å². The van der Waals surface area contributed by atoms with Gasteiger partial charge in [0.1, 0.15) is 5.75 Å². The molecule has 2 N–H and O–H groups in total. The molecule has 1 amide bonds. The van der Waals surface area contributed by atoms with Crippen molar-refractivity contribution in [3.8, 4) is 5.75 Å². The Morgan fingerprint density at radius 1 is 1.04 bits per heavy atom. The number of hydrogen-bond acceptors (Lipinski definition) is 4. The van der Waals surface area contributed by atoms with E-state index in [-0.39, 0.29) is 18.5 Å². The van der Waals surface area contributed by atoms with Crippen molar-refractivity contribution in [2.45, 2.75) is 6.04 Å². The predicted octanol–water partition coefficient (Wildman–Crippen LogP) is 4.07. The van der Waals surface area contributed by atoms with Crippen LogP contribution in [-0.4, -0.2) is 19.6 Å². The first kappa shape index (κ1) is 17.2. The Morgan fingerprint density at radius 2 is 1.80 bits per heavy atom. The Hall–Kier alpha value is -2.63. The van der Waals surface area contributed by atoms with Crippen LogP contribution in [0.1, 0.15) is 16.5 Å². The normalized spacial score (nSPS) is 11.7. The molecule has 4 nitrogen and oxygen atoms in total. The van der Waals surface area contributed by atoms with Gasteiger partial charge < -0.3 is 10.1 Å². The van der Waals surface area contributed by atoms with Crippen LogP contribution in [0.25, 0.3) is 0 Å². The van der Waals surface area contributed by atoms with Gasteiger partial charge in [0.2, 0.25) is 5.91 Å². The highest BCUT2D eigenvalue weighted by atomic mass is 32.1. The third-order valence-electron chi connectivity index (χ3n) is 3.81. The first-order valence-corrected chi connectivity index (χ1v) is 8.90. The number of methoxy groups -OCH3 is 1. The van der Waals surface area contributed by atoms with Crippen molar-refractivity contribution in [2.24, 2.45) is 0 Å². The summed E-state index contributed by atoms with van der Waals surface area (Å²) in [5.41, 5.74) is 1.80. The van der Waals surface area contributed by atoms with E-state index in [2.05, 4.69) is 28.8 Å². The summed E-state index contributed by atoms with van der Waals surface area (Å²) in [4.78, 5) is 13.5. The van der Waals surface area contributed by atoms with Crippen molar-refractivity contribution < 1.29 is 9.53 Å². The topological polar surface area (TPSA) is 50.4 Å². The zero-order chi connectivity index (χ0) is 17.5. The maximum Gasteiger partial charge on any atom is 0.238 e. The number of para-hydroxylation sites is 2. The molecule has 1 heterocycles. The Balaban J connectivity index is 1.68. The third kappa shape index (κ3) is 4.47. The average molecular weight is 352 g/mol. The minimum Gasteiger partial charge on any atom is -0.495 e. The van der Waals surface area contributed by atoms with Crippen LogP contribution in [0.3, 0.4) is 0 Å². The van der Waals surface area contributed by atoms with Gasteiger partial charge in [-0.3, -0.25) is 10.1 Å². The Kier molecular flexibility index (Phi) is 5.82. The first-order chi connectivity index (χ1) is 12.3. The maximum absolute atomic E-state index is 12.4. The number of thiophene rings is 1. The van der Waals surface area contributed by atoms with E-state index >= 15 is 0 Å². The molecule has 0 radical (unpaired) electrons. The van der Waals surface area contributed by atoms with E-state index in [0.717, 1.165) is 5.56 Å². The molecule has 128 valence electrons. The summed E-state index contributed by atoms with van der Waals surface area (Å²) in [6.07, 6.45) is 0. The number of rotatable bonds is 7. The van der Waals surface area contributed by atoms with Crippen LogP contribution in [0.5, 0.6) is 5.75 Å². The third-order valence-corrected chi connectivity index (χ3v) is 4.75. The zero-order valence-corrected chi connectivity index (χ0v) is 14.8. The molecule has 0 aliphatic carbocycles. The monoisotopic (exact) mass is 352 g/mol. The van der Waals surface area contributed by atoms with Gasteiger partial charge in [-0.05, 0) is 29.1 Å². The molecule has 0 saturated carbocycles. The lowest BCUT2D eigenvalue weighted by Crippen LogP contribution is -2.31. The van der Waals surface area contributed by atoms with Crippen LogP contribution in [0.15, 0.2) is 72.1 Å². The number of anilines is 1. The second-order valence-electron chi connectivity index (χ2n) is 5.49. The van der Waals surface area contributed by atoms with Gasteiger partial charge in [0.15, 0.2) is 0 Å². The highest BCUT2D eigenvalue weighted by Gasteiger charge is 2.16. The number of carbonyl (C=O) groups excluding carboxylic acids is 1. The summed E-state index contributed by atoms with van der Waals surface area (Å²) >= 11 is 1.67. The van der Waals surface area contributed by atoms with Crippen LogP contribution in [0.4, 0.5) is 5.69 Å². The van der Waals surface area contributed by atoms with Gasteiger partial charge in [0.05, 0.1) is 25.4 Å². The van der Waals surface area contributed by atoms with Crippen LogP contribution < -0.4 is 15.4 Å². The van der Waals surface area contributed by atoms with Gasteiger partial charge in [-0.15, -0.1) is 11.3 Å². The molecular weight excluding hydrogens is 332 g/mol. The fraction of sp³-hybridized carbons (Fsp3) is 0.150. The molecule has 0 fully saturated rings. The molecule has 1 atom stereocenters. The summed E-state index contributed by atoms with van der Waals surface area (Å²) in [5.74, 6) is 0.538. The molecule has 3 rings (SSSR count). The summed E-state index contributed by atoms with van der Waals surface area (Å²) in [7, 11) is 1.59. The fourth-order valence-corrected chi connectivity index (χ4v) is 3.45. The van der Waals surface area contributed by atoms with Crippen LogP contribution in [0, 0.1) is 0 Å². The molecule has 0 aliphatic heterocycles. The molecule has 25 heavy (non-hydrogen) atoms. The van der Waals surface area contributed by atoms with E-state index in [1.807, 2.05) is 53.9 Å². The first-order valence-electron chi connectivity index (χ1n) is 8.02. The van der Waals surface area contributed by atoms with Crippen molar-refractivity contribution >= 4 is 22.9 Å². The van der Waals surface area contributed by atoms with E-state index in [9.17, 15) is 4.79 Å². The standard InChI is InChI=1S/C20H20N2O2S/c1-24-17-11-6-5-10-16(17)22-19(23)14-21-20(18-12-7-13-25-18)15-8-3-2-4-9-15/h2-13,20-21H,14H2,1H3,(H,22,23)/t20-/m1/s1. The van der Waals surface area contributed by atoms with Gasteiger partial charge in [-0.2, -0.15) is 0 Å². The number of benzene rings is 2. The number of amides is 1. The number of nitrogens with one attached hydrogen (secondary N) is 2. The minimum absolute atomic E-state index is 0.00961. The van der Waals surface area contributed by atoms with E-state index in [4.69, 9.17) is 4.74 Å². The van der Waals surface area contributed by atoms with Gasteiger partial charge in [-0.1, -0.05) is 48.5 Å². The average Bonchev–Trinajstić information content (AvgIpc) is 3.18. The number of ether oxygens (including phenoxy) is 1. The minimum atomic E-state index is -0.109. The van der Waals surface area contributed by atoms with Crippen molar-refractivity contribution in [3.05, 3.63) is 82.6 Å². The lowest BCUT2D eigenvalue weighted by Gasteiger charge is -2.18. The second-order valence-corrected chi connectivity index (χ2v) is 6.47. The lowest BCUT2D eigenvalue weighted by atomic mass is 10.1. The lowest BCUT2D eigenvalue weighted by molar-refractivity contribution is -0.115. The largest absolute Gasteiger partial charge is 0.495 e. The SMILES string of the molecule is COc1ccccc1NC(=O)CN[C@H](c1ccccc1)c1cccs1. The van der Waals surface area contributed by atoms with Gasteiger partial charge in [0.25, 0.3) is 0 Å².